The molecule has 0 amide bonds. The fraction of sp³-hybridized carbons (Fsp3) is 0.524. The molecule has 2 aromatic heterocycles. The summed E-state index contributed by atoms with van der Waals surface area (Å²) >= 11 is 0. The zero-order valence-corrected chi connectivity index (χ0v) is 18.0. The van der Waals surface area contributed by atoms with Crippen molar-refractivity contribution in [2.75, 3.05) is 39.5 Å². The molecule has 0 unspecified atom stereocenters. The Bertz CT molecular complexity index is 841. The summed E-state index contributed by atoms with van der Waals surface area (Å²) in [5, 5.41) is 14.8. The first-order valence-electron chi connectivity index (χ1n) is 10.5. The maximum absolute atomic E-state index is 5.93. The molecule has 4 rings (SSSR count). The Kier molecular flexibility index (Phi) is 8.34. The van der Waals surface area contributed by atoms with Gasteiger partial charge in [0.2, 0.25) is 5.88 Å². The average Bonchev–Trinajstić information content (AvgIpc) is 3.47. The molecule has 9 nitrogen and oxygen atoms in total. The van der Waals surface area contributed by atoms with Crippen molar-refractivity contribution >= 4 is 0 Å². The number of aromatic nitrogens is 6. The smallest absolute Gasteiger partial charge is 0.216 e. The van der Waals surface area contributed by atoms with Crippen molar-refractivity contribution in [2.45, 2.75) is 33.2 Å². The number of tetrazole rings is 1. The molecule has 30 heavy (non-hydrogen) atoms. The van der Waals surface area contributed by atoms with Gasteiger partial charge in [0.1, 0.15) is 12.9 Å². The van der Waals surface area contributed by atoms with Crippen molar-refractivity contribution in [3.05, 3.63) is 48.4 Å². The molecular weight excluding hydrogens is 382 g/mol. The predicted molar refractivity (Wildman–Crippen MR) is 114 cm³/mol. The minimum atomic E-state index is 0.533. The molecule has 162 valence electrons. The van der Waals surface area contributed by atoms with E-state index >= 15 is 0 Å². The molecular formula is C21H31N7O2. The summed E-state index contributed by atoms with van der Waals surface area (Å²) in [5.41, 5.74) is 2.36. The van der Waals surface area contributed by atoms with Crippen LogP contribution >= 0.6 is 0 Å². The highest BCUT2D eigenvalue weighted by Crippen LogP contribution is 2.20. The number of ether oxygens (including phenoxy) is 2. The van der Waals surface area contributed by atoms with Crippen LogP contribution in [-0.4, -0.2) is 74.3 Å². The van der Waals surface area contributed by atoms with Crippen LogP contribution < -0.4 is 4.74 Å². The van der Waals surface area contributed by atoms with E-state index in [9.17, 15) is 0 Å². The number of hydrogen-bond donors (Lipinski definition) is 0. The van der Waals surface area contributed by atoms with Gasteiger partial charge >= 0.3 is 0 Å². The van der Waals surface area contributed by atoms with Gasteiger partial charge in [0.05, 0.1) is 25.1 Å². The van der Waals surface area contributed by atoms with Crippen LogP contribution in [0.5, 0.6) is 5.88 Å². The van der Waals surface area contributed by atoms with Gasteiger partial charge in [-0.1, -0.05) is 26.0 Å². The largest absolute Gasteiger partial charge is 0.476 e. The van der Waals surface area contributed by atoms with Crippen LogP contribution in [0.2, 0.25) is 0 Å². The van der Waals surface area contributed by atoms with E-state index in [0.717, 1.165) is 51.0 Å². The molecule has 0 atom stereocenters. The predicted octanol–water partition coefficient (Wildman–Crippen LogP) is 2.40. The van der Waals surface area contributed by atoms with E-state index in [1.165, 1.54) is 5.56 Å². The van der Waals surface area contributed by atoms with E-state index in [-0.39, 0.29) is 0 Å². The molecule has 0 aliphatic carbocycles. The Balaban J connectivity index is 0.000000310. The summed E-state index contributed by atoms with van der Waals surface area (Å²) in [6.45, 7) is 12.4. The first-order valence-corrected chi connectivity index (χ1v) is 10.5. The molecule has 1 aliphatic rings. The molecule has 1 saturated heterocycles. The van der Waals surface area contributed by atoms with Gasteiger partial charge in [-0.15, -0.1) is 5.10 Å². The maximum Gasteiger partial charge on any atom is 0.216 e. The van der Waals surface area contributed by atoms with Gasteiger partial charge in [0, 0.05) is 32.2 Å². The van der Waals surface area contributed by atoms with Gasteiger partial charge in [-0.25, -0.2) is 9.36 Å². The monoisotopic (exact) mass is 413 g/mol. The first kappa shape index (κ1) is 21.9. The Morgan fingerprint density at radius 2 is 1.87 bits per heavy atom. The summed E-state index contributed by atoms with van der Waals surface area (Å²) in [6, 6.07) is 10.4. The highest BCUT2D eigenvalue weighted by molar-refractivity contribution is 5.37. The van der Waals surface area contributed by atoms with Gasteiger partial charge in [0.15, 0.2) is 0 Å². The second-order valence-corrected chi connectivity index (χ2v) is 7.30. The summed E-state index contributed by atoms with van der Waals surface area (Å²) in [6.07, 6.45) is 3.36. The van der Waals surface area contributed by atoms with Crippen molar-refractivity contribution in [1.82, 2.24) is 34.9 Å². The van der Waals surface area contributed by atoms with E-state index in [4.69, 9.17) is 9.47 Å². The van der Waals surface area contributed by atoms with Crippen LogP contribution in [0.25, 0.3) is 5.69 Å². The van der Waals surface area contributed by atoms with Crippen LogP contribution in [0.15, 0.2) is 42.9 Å². The first-order chi connectivity index (χ1) is 14.7. The van der Waals surface area contributed by atoms with E-state index in [1.54, 1.807) is 17.2 Å². The molecule has 3 heterocycles. The fourth-order valence-corrected chi connectivity index (χ4v) is 3.02. The van der Waals surface area contributed by atoms with Crippen molar-refractivity contribution in [1.29, 1.82) is 0 Å². The molecule has 1 aliphatic heterocycles. The van der Waals surface area contributed by atoms with E-state index < -0.39 is 0 Å². The van der Waals surface area contributed by atoms with E-state index in [1.807, 2.05) is 17.7 Å². The van der Waals surface area contributed by atoms with Crippen molar-refractivity contribution < 1.29 is 9.47 Å². The minimum absolute atomic E-state index is 0.533. The quantitative estimate of drug-likeness (QED) is 0.588. The third kappa shape index (κ3) is 6.36. The highest BCUT2D eigenvalue weighted by Gasteiger charge is 2.11. The molecule has 1 aromatic carbocycles. The zero-order valence-electron chi connectivity index (χ0n) is 18.0. The standard InChI is InChI=1S/C18H25N3O2.C3H6N4/c1-15(2)16-3-5-17(6-4-16)21-18(7-8-19-21)23-14-11-20-9-12-22-13-10-20;1-2-7-3-4-5-6-7/h3-8,15H,9-14H2,1-2H3;3H,2H2,1H3. The van der Waals surface area contributed by atoms with E-state index in [2.05, 4.69) is 63.6 Å². The Labute approximate surface area is 177 Å². The average molecular weight is 414 g/mol. The summed E-state index contributed by atoms with van der Waals surface area (Å²) in [7, 11) is 0. The lowest BCUT2D eigenvalue weighted by molar-refractivity contribution is 0.0318. The van der Waals surface area contributed by atoms with Gasteiger partial charge in [-0.2, -0.15) is 5.10 Å². The van der Waals surface area contributed by atoms with Crippen LogP contribution in [0.4, 0.5) is 0 Å². The number of rotatable bonds is 7. The second-order valence-electron chi connectivity index (χ2n) is 7.30. The number of nitrogens with zero attached hydrogens (tertiary/aromatic N) is 7. The lowest BCUT2D eigenvalue weighted by Crippen LogP contribution is -2.38. The molecule has 0 N–H and O–H groups in total. The second kappa shape index (κ2) is 11.4. The number of aryl methyl sites for hydroxylation is 1. The van der Waals surface area contributed by atoms with E-state index in [0.29, 0.717) is 12.5 Å². The van der Waals surface area contributed by atoms with Crippen molar-refractivity contribution in [3.8, 4) is 11.6 Å². The normalized spacial score (nSPS) is 14.4. The Morgan fingerprint density at radius 3 is 2.47 bits per heavy atom. The SMILES string of the molecule is CC(C)c1ccc(-n2nccc2OCCN2CCOCC2)cc1.CCn1cnnn1. The van der Waals surface area contributed by atoms with Gasteiger partial charge in [-0.3, -0.25) is 4.90 Å². The molecule has 3 aromatic rings. The van der Waals surface area contributed by atoms with Crippen LogP contribution in [0.3, 0.4) is 0 Å². The van der Waals surface area contributed by atoms with Crippen LogP contribution in [-0.2, 0) is 11.3 Å². The maximum atomic E-state index is 5.93. The van der Waals surface area contributed by atoms with Crippen LogP contribution in [0.1, 0.15) is 32.3 Å². The Hall–Kier alpha value is -2.78. The molecule has 0 saturated carbocycles. The molecule has 9 heteroatoms. The summed E-state index contributed by atoms with van der Waals surface area (Å²) in [5.74, 6) is 1.32. The Morgan fingerprint density at radius 1 is 1.10 bits per heavy atom. The zero-order chi connectivity index (χ0) is 21.2. The number of hydrogen-bond acceptors (Lipinski definition) is 7. The minimum Gasteiger partial charge on any atom is -0.476 e. The third-order valence-corrected chi connectivity index (χ3v) is 4.89. The van der Waals surface area contributed by atoms with Crippen molar-refractivity contribution in [3.63, 3.8) is 0 Å². The third-order valence-electron chi connectivity index (χ3n) is 4.89. The van der Waals surface area contributed by atoms with Crippen LogP contribution in [0, 0.1) is 0 Å². The van der Waals surface area contributed by atoms with Gasteiger partial charge < -0.3 is 9.47 Å². The number of benzene rings is 1. The summed E-state index contributed by atoms with van der Waals surface area (Å²) < 4.78 is 14.8. The molecule has 0 spiro atoms. The highest BCUT2D eigenvalue weighted by atomic mass is 16.5. The molecule has 1 fully saturated rings. The van der Waals surface area contributed by atoms with Gasteiger partial charge in [-0.05, 0) is 41.0 Å². The molecule has 0 bridgehead atoms. The molecule has 0 radical (unpaired) electrons. The van der Waals surface area contributed by atoms with Crippen molar-refractivity contribution in [2.24, 2.45) is 0 Å². The number of morpholine rings is 1. The fourth-order valence-electron chi connectivity index (χ4n) is 3.02. The lowest BCUT2D eigenvalue weighted by Gasteiger charge is -2.26. The van der Waals surface area contributed by atoms with Gasteiger partial charge in [0.25, 0.3) is 0 Å². The summed E-state index contributed by atoms with van der Waals surface area (Å²) in [4.78, 5) is 2.36. The lowest BCUT2D eigenvalue weighted by atomic mass is 10.0. The topological polar surface area (TPSA) is 83.1 Å².